The van der Waals surface area contributed by atoms with Gasteiger partial charge >= 0.3 is 0 Å². The third-order valence-electron chi connectivity index (χ3n) is 2.00. The van der Waals surface area contributed by atoms with Gasteiger partial charge in [0.25, 0.3) is 5.56 Å². The van der Waals surface area contributed by atoms with Gasteiger partial charge in [0.05, 0.1) is 5.69 Å². The van der Waals surface area contributed by atoms with Crippen LogP contribution in [0.4, 0.5) is 0 Å². The molecule has 0 saturated heterocycles. The molecule has 2 nitrogen and oxygen atoms in total. The van der Waals surface area contributed by atoms with Crippen molar-refractivity contribution in [3.63, 3.8) is 0 Å². The molecule has 0 amide bonds. The van der Waals surface area contributed by atoms with Gasteiger partial charge in [-0.15, -0.1) is 0 Å². The highest BCUT2D eigenvalue weighted by Crippen LogP contribution is 2.13. The van der Waals surface area contributed by atoms with Crippen molar-refractivity contribution in [1.29, 1.82) is 0 Å². The summed E-state index contributed by atoms with van der Waals surface area (Å²) < 4.78 is 23.3. The molecule has 0 spiro atoms. The minimum Gasteiger partial charge on any atom is -0.284 e. The van der Waals surface area contributed by atoms with E-state index in [0.717, 1.165) is 0 Å². The molecule has 0 fully saturated rings. The second-order valence-corrected chi connectivity index (χ2v) is 3.54. The number of rotatable bonds is 1. The Morgan fingerprint density at radius 1 is 1.33 bits per heavy atom. The summed E-state index contributed by atoms with van der Waals surface area (Å²) in [5, 5.41) is 0.485. The van der Waals surface area contributed by atoms with E-state index in [-0.39, 0.29) is 11.1 Å². The first kappa shape index (κ1) is 6.85. The molecule has 15 heavy (non-hydrogen) atoms. The summed E-state index contributed by atoms with van der Waals surface area (Å²) in [6, 6.07) is 9.23. The molecule has 2 aromatic rings. The SMILES string of the molecule is [2H]C([2H])([2H])c1ccc(=O)n(-c2cccc(Cl)c2)c1. The first-order valence-corrected chi connectivity index (χ1v) is 4.75. The van der Waals surface area contributed by atoms with Gasteiger partial charge in [0.2, 0.25) is 0 Å². The number of pyridine rings is 1. The molecule has 0 aliphatic carbocycles. The maximum Gasteiger partial charge on any atom is 0.255 e. The van der Waals surface area contributed by atoms with E-state index in [9.17, 15) is 4.79 Å². The maximum absolute atomic E-state index is 11.7. The summed E-state index contributed by atoms with van der Waals surface area (Å²) >= 11 is 5.85. The van der Waals surface area contributed by atoms with E-state index in [4.69, 9.17) is 15.7 Å². The predicted octanol–water partition coefficient (Wildman–Crippen LogP) is 2.80. The van der Waals surface area contributed by atoms with Crippen LogP contribution in [0.5, 0.6) is 0 Å². The average molecular weight is 223 g/mol. The Balaban J connectivity index is 2.61. The van der Waals surface area contributed by atoms with E-state index in [2.05, 4.69) is 0 Å². The second kappa shape index (κ2) is 3.91. The zero-order chi connectivity index (χ0) is 13.3. The van der Waals surface area contributed by atoms with Crippen LogP contribution in [0.3, 0.4) is 0 Å². The first-order chi connectivity index (χ1) is 8.38. The van der Waals surface area contributed by atoms with Gasteiger partial charge in [0.15, 0.2) is 0 Å². The van der Waals surface area contributed by atoms with E-state index in [1.165, 1.54) is 22.9 Å². The quantitative estimate of drug-likeness (QED) is 0.727. The van der Waals surface area contributed by atoms with Crippen LogP contribution in [0, 0.1) is 6.85 Å². The molecule has 0 saturated carbocycles. The standard InChI is InChI=1S/C12H10ClNO/c1-9-5-6-12(15)14(8-9)11-4-2-3-10(13)7-11/h2-8H,1H3/i1D3. The van der Waals surface area contributed by atoms with E-state index >= 15 is 0 Å². The summed E-state index contributed by atoms with van der Waals surface area (Å²) in [6.45, 7) is -2.24. The molecular formula is C12H10ClNO. The van der Waals surface area contributed by atoms with Crippen molar-refractivity contribution in [3.8, 4) is 5.69 Å². The molecule has 1 heterocycles. The summed E-state index contributed by atoms with van der Waals surface area (Å²) in [7, 11) is 0. The lowest BCUT2D eigenvalue weighted by Gasteiger charge is -2.06. The van der Waals surface area contributed by atoms with Gasteiger partial charge < -0.3 is 0 Å². The molecule has 3 heteroatoms. The van der Waals surface area contributed by atoms with E-state index in [1.807, 2.05) is 0 Å². The van der Waals surface area contributed by atoms with Crippen LogP contribution >= 0.6 is 11.6 Å². The Morgan fingerprint density at radius 2 is 2.20 bits per heavy atom. The molecule has 76 valence electrons. The number of aromatic nitrogens is 1. The predicted molar refractivity (Wildman–Crippen MR) is 61.8 cm³/mol. The molecule has 0 aliphatic rings. The third kappa shape index (κ3) is 2.10. The van der Waals surface area contributed by atoms with Crippen LogP contribution in [0.1, 0.15) is 9.68 Å². The van der Waals surface area contributed by atoms with Gasteiger partial charge in [0, 0.05) is 21.4 Å². The molecule has 0 N–H and O–H groups in total. The number of aryl methyl sites for hydroxylation is 1. The highest BCUT2D eigenvalue weighted by atomic mass is 35.5. The zero-order valence-electron chi connectivity index (χ0n) is 10.8. The fourth-order valence-corrected chi connectivity index (χ4v) is 1.50. The summed E-state index contributed by atoms with van der Waals surface area (Å²) in [4.78, 5) is 11.7. The summed E-state index contributed by atoms with van der Waals surface area (Å²) in [5.74, 6) is 0. The fourth-order valence-electron chi connectivity index (χ4n) is 1.31. The number of nitrogens with zero attached hydrogens (tertiary/aromatic N) is 1. The normalized spacial score (nSPS) is 14.1. The minimum atomic E-state index is -2.24. The largest absolute Gasteiger partial charge is 0.284 e. The zero-order valence-corrected chi connectivity index (χ0v) is 8.53. The van der Waals surface area contributed by atoms with Gasteiger partial charge in [-0.1, -0.05) is 23.7 Å². The van der Waals surface area contributed by atoms with Crippen LogP contribution < -0.4 is 5.56 Å². The Hall–Kier alpha value is -1.54. The van der Waals surface area contributed by atoms with Gasteiger partial charge in [-0.2, -0.15) is 0 Å². The Morgan fingerprint density at radius 3 is 2.93 bits per heavy atom. The van der Waals surface area contributed by atoms with Crippen molar-refractivity contribution in [3.05, 3.63) is 63.5 Å². The Bertz CT molecular complexity index is 634. The van der Waals surface area contributed by atoms with Crippen LogP contribution in [-0.4, -0.2) is 4.57 Å². The highest BCUT2D eigenvalue weighted by Gasteiger charge is 1.99. The van der Waals surface area contributed by atoms with Crippen molar-refractivity contribution in [2.45, 2.75) is 6.85 Å². The summed E-state index contributed by atoms with van der Waals surface area (Å²) in [5.41, 5.74) is 0.353. The highest BCUT2D eigenvalue weighted by molar-refractivity contribution is 6.30. The number of benzene rings is 1. The molecule has 0 radical (unpaired) electrons. The van der Waals surface area contributed by atoms with Gasteiger partial charge in [-0.25, -0.2) is 0 Å². The van der Waals surface area contributed by atoms with E-state index < -0.39 is 6.85 Å². The average Bonchev–Trinajstić information content (AvgIpc) is 2.28. The molecule has 0 aliphatic heterocycles. The lowest BCUT2D eigenvalue weighted by molar-refractivity contribution is 0.977. The fraction of sp³-hybridized carbons (Fsp3) is 0.0833. The number of halogens is 1. The van der Waals surface area contributed by atoms with Crippen LogP contribution in [0.2, 0.25) is 5.02 Å². The van der Waals surface area contributed by atoms with E-state index in [1.54, 1.807) is 24.3 Å². The second-order valence-electron chi connectivity index (χ2n) is 3.11. The third-order valence-corrected chi connectivity index (χ3v) is 2.23. The molecule has 2 rings (SSSR count). The van der Waals surface area contributed by atoms with Crippen molar-refractivity contribution < 1.29 is 4.11 Å². The molecule has 0 unspecified atom stereocenters. The van der Waals surface area contributed by atoms with Crippen molar-refractivity contribution in [2.75, 3.05) is 0 Å². The van der Waals surface area contributed by atoms with Gasteiger partial charge in [-0.3, -0.25) is 9.36 Å². The molecule has 1 aromatic carbocycles. The minimum absolute atomic E-state index is 0.113. The number of hydrogen-bond acceptors (Lipinski definition) is 1. The lowest BCUT2D eigenvalue weighted by Crippen LogP contribution is -2.16. The molecule has 1 aromatic heterocycles. The van der Waals surface area contributed by atoms with Crippen molar-refractivity contribution in [2.24, 2.45) is 0 Å². The smallest absolute Gasteiger partial charge is 0.255 e. The molecule has 0 bridgehead atoms. The van der Waals surface area contributed by atoms with E-state index in [0.29, 0.717) is 10.7 Å². The van der Waals surface area contributed by atoms with Crippen LogP contribution in [-0.2, 0) is 0 Å². The van der Waals surface area contributed by atoms with Gasteiger partial charge in [0.1, 0.15) is 0 Å². The van der Waals surface area contributed by atoms with Gasteiger partial charge in [-0.05, 0) is 30.6 Å². The van der Waals surface area contributed by atoms with Crippen LogP contribution in [0.25, 0.3) is 5.69 Å². The van der Waals surface area contributed by atoms with Crippen molar-refractivity contribution in [1.82, 2.24) is 4.57 Å². The molecular weight excluding hydrogens is 210 g/mol. The number of hydrogen-bond donors (Lipinski definition) is 0. The van der Waals surface area contributed by atoms with Crippen LogP contribution in [0.15, 0.2) is 47.4 Å². The molecule has 0 atom stereocenters. The monoisotopic (exact) mass is 222 g/mol. The van der Waals surface area contributed by atoms with Crippen molar-refractivity contribution >= 4 is 11.6 Å². The Labute approximate surface area is 97.0 Å². The first-order valence-electron chi connectivity index (χ1n) is 5.87. The topological polar surface area (TPSA) is 22.0 Å². The summed E-state index contributed by atoms with van der Waals surface area (Å²) in [6.07, 6.45) is 1.32. The lowest BCUT2D eigenvalue weighted by atomic mass is 10.2. The maximum atomic E-state index is 11.7. The Kier molecular flexibility index (Phi) is 1.79.